The molecule has 108 valence electrons. The lowest BCUT2D eigenvalue weighted by atomic mass is 9.99. The highest BCUT2D eigenvalue weighted by molar-refractivity contribution is 5.95. The highest BCUT2D eigenvalue weighted by atomic mass is 16.3. The number of rotatable bonds is 3. The van der Waals surface area contributed by atoms with E-state index in [9.17, 15) is 9.90 Å². The summed E-state index contributed by atoms with van der Waals surface area (Å²) in [5.74, 6) is -0.395. The highest BCUT2D eigenvalue weighted by Crippen LogP contribution is 2.24. The Morgan fingerprint density at radius 1 is 1.14 bits per heavy atom. The molecular weight excluding hydrogens is 264 g/mol. The third kappa shape index (κ3) is 2.96. The van der Waals surface area contributed by atoms with E-state index in [-0.39, 0.29) is 0 Å². The molecule has 0 bridgehead atoms. The van der Waals surface area contributed by atoms with Gasteiger partial charge < -0.3 is 15.7 Å². The predicted octanol–water partition coefficient (Wildman–Crippen LogP) is 2.00. The van der Waals surface area contributed by atoms with E-state index in [1.807, 2.05) is 30.3 Å². The summed E-state index contributed by atoms with van der Waals surface area (Å²) in [5, 5.41) is 16.3. The predicted molar refractivity (Wildman–Crippen MR) is 81.9 cm³/mol. The summed E-state index contributed by atoms with van der Waals surface area (Å²) in [6, 6.07) is 14.8. The van der Waals surface area contributed by atoms with E-state index in [1.54, 1.807) is 12.1 Å². The van der Waals surface area contributed by atoms with Gasteiger partial charge in [0.2, 0.25) is 0 Å². The van der Waals surface area contributed by atoms with Crippen LogP contribution in [0.25, 0.3) is 0 Å². The van der Waals surface area contributed by atoms with Crippen molar-refractivity contribution < 1.29 is 9.90 Å². The monoisotopic (exact) mass is 282 g/mol. The fraction of sp³-hybridized carbons (Fsp3) is 0.235. The second-order valence-corrected chi connectivity index (χ2v) is 5.17. The Bertz CT molecular complexity index is 640. The number of carbonyl (C=O) groups is 1. The molecule has 21 heavy (non-hydrogen) atoms. The van der Waals surface area contributed by atoms with Gasteiger partial charge in [-0.25, -0.2) is 0 Å². The molecule has 3 N–H and O–H groups in total. The lowest BCUT2D eigenvalue weighted by Gasteiger charge is -2.21. The van der Waals surface area contributed by atoms with Crippen LogP contribution in [0.3, 0.4) is 0 Å². The van der Waals surface area contributed by atoms with Crippen LogP contribution in [0, 0.1) is 0 Å². The zero-order chi connectivity index (χ0) is 14.7. The molecule has 4 heteroatoms. The van der Waals surface area contributed by atoms with E-state index < -0.39 is 12.0 Å². The average Bonchev–Trinajstić information content (AvgIpc) is 2.55. The minimum Gasteiger partial charge on any atom is -0.378 e. The zero-order valence-corrected chi connectivity index (χ0v) is 11.7. The van der Waals surface area contributed by atoms with E-state index in [4.69, 9.17) is 0 Å². The first kappa shape index (κ1) is 13.8. The van der Waals surface area contributed by atoms with Crippen molar-refractivity contribution >= 4 is 11.6 Å². The van der Waals surface area contributed by atoms with Gasteiger partial charge in [-0.2, -0.15) is 0 Å². The van der Waals surface area contributed by atoms with Crippen molar-refractivity contribution in [2.75, 3.05) is 11.9 Å². The van der Waals surface area contributed by atoms with Gasteiger partial charge in [0.15, 0.2) is 6.10 Å². The maximum Gasteiger partial charge on any atom is 0.257 e. The molecule has 2 aromatic carbocycles. The Morgan fingerprint density at radius 3 is 2.76 bits per heavy atom. The molecule has 4 nitrogen and oxygen atoms in total. The molecular formula is C17H18N2O2. The molecule has 0 aliphatic carbocycles. The molecule has 0 saturated carbocycles. The molecule has 0 saturated heterocycles. The largest absolute Gasteiger partial charge is 0.378 e. The number of hydrogen-bond acceptors (Lipinski definition) is 3. The minimum absolute atomic E-state index is 0.395. The normalized spacial score (nSPS) is 15.1. The van der Waals surface area contributed by atoms with Crippen LogP contribution in [-0.2, 0) is 17.8 Å². The summed E-state index contributed by atoms with van der Waals surface area (Å²) >= 11 is 0. The van der Waals surface area contributed by atoms with E-state index in [1.165, 1.54) is 5.56 Å². The van der Waals surface area contributed by atoms with Crippen molar-refractivity contribution in [1.82, 2.24) is 5.32 Å². The van der Waals surface area contributed by atoms with Crippen LogP contribution in [-0.4, -0.2) is 17.6 Å². The van der Waals surface area contributed by atoms with Gasteiger partial charge in [0.1, 0.15) is 0 Å². The van der Waals surface area contributed by atoms with Gasteiger partial charge in [0.05, 0.1) is 0 Å². The number of nitrogens with one attached hydrogen (secondary N) is 2. The van der Waals surface area contributed by atoms with Crippen LogP contribution in [0.4, 0.5) is 5.69 Å². The number of aliphatic hydroxyl groups is 1. The number of anilines is 1. The average molecular weight is 282 g/mol. The lowest BCUT2D eigenvalue weighted by Crippen LogP contribution is -2.26. The van der Waals surface area contributed by atoms with Gasteiger partial charge >= 0.3 is 0 Å². The molecule has 0 fully saturated rings. The molecule has 0 radical (unpaired) electrons. The van der Waals surface area contributed by atoms with Gasteiger partial charge in [0, 0.05) is 12.2 Å². The van der Waals surface area contributed by atoms with E-state index in [2.05, 4.69) is 16.7 Å². The first-order valence-electron chi connectivity index (χ1n) is 7.11. The number of aliphatic hydroxyl groups excluding tert-OH is 1. The zero-order valence-electron chi connectivity index (χ0n) is 11.7. The molecule has 2 aromatic rings. The molecule has 1 heterocycles. The second-order valence-electron chi connectivity index (χ2n) is 5.17. The Balaban J connectivity index is 1.79. The molecule has 1 atom stereocenters. The van der Waals surface area contributed by atoms with Gasteiger partial charge in [-0.3, -0.25) is 4.79 Å². The number of benzene rings is 2. The number of carbonyl (C=O) groups excluding carboxylic acids is 1. The van der Waals surface area contributed by atoms with Crippen LogP contribution < -0.4 is 10.6 Å². The Kier molecular flexibility index (Phi) is 3.99. The van der Waals surface area contributed by atoms with Crippen LogP contribution in [0.2, 0.25) is 0 Å². The Labute approximate surface area is 123 Å². The molecule has 1 unspecified atom stereocenters. The topological polar surface area (TPSA) is 61.4 Å². The summed E-state index contributed by atoms with van der Waals surface area (Å²) in [6.45, 7) is 1.72. The number of fused-ring (bicyclic) bond motifs is 1. The number of hydrogen-bond donors (Lipinski definition) is 3. The SMILES string of the molecule is O=C(Nc1cccc2c1CCNC2)C(O)c1ccccc1. The van der Waals surface area contributed by atoms with E-state index in [0.717, 1.165) is 30.8 Å². The molecule has 1 amide bonds. The van der Waals surface area contributed by atoms with Crippen LogP contribution in [0.15, 0.2) is 48.5 Å². The summed E-state index contributed by atoms with van der Waals surface area (Å²) < 4.78 is 0. The van der Waals surface area contributed by atoms with Crippen LogP contribution in [0.5, 0.6) is 0 Å². The fourth-order valence-electron chi connectivity index (χ4n) is 2.64. The van der Waals surface area contributed by atoms with Crippen molar-refractivity contribution in [3.05, 3.63) is 65.2 Å². The number of amides is 1. The summed E-state index contributed by atoms with van der Waals surface area (Å²) in [5.41, 5.74) is 3.76. The van der Waals surface area contributed by atoms with Gasteiger partial charge in [-0.15, -0.1) is 0 Å². The first-order chi connectivity index (χ1) is 10.3. The van der Waals surface area contributed by atoms with Gasteiger partial charge in [0.25, 0.3) is 5.91 Å². The highest BCUT2D eigenvalue weighted by Gasteiger charge is 2.19. The van der Waals surface area contributed by atoms with Crippen molar-refractivity contribution in [1.29, 1.82) is 0 Å². The minimum atomic E-state index is -1.15. The molecule has 0 spiro atoms. The second kappa shape index (κ2) is 6.08. The van der Waals surface area contributed by atoms with Crippen LogP contribution in [0.1, 0.15) is 22.8 Å². The standard InChI is InChI=1S/C17H18N2O2/c20-16(12-5-2-1-3-6-12)17(21)19-15-8-4-7-13-11-18-10-9-14(13)15/h1-8,16,18,20H,9-11H2,(H,19,21). The molecule has 3 rings (SSSR count). The third-order valence-electron chi connectivity index (χ3n) is 3.76. The molecule has 1 aliphatic heterocycles. The Hall–Kier alpha value is -2.17. The summed E-state index contributed by atoms with van der Waals surface area (Å²) in [7, 11) is 0. The first-order valence-corrected chi connectivity index (χ1v) is 7.11. The molecule has 1 aliphatic rings. The van der Waals surface area contributed by atoms with Gasteiger partial charge in [-0.05, 0) is 35.7 Å². The molecule has 0 aromatic heterocycles. The van der Waals surface area contributed by atoms with Crippen molar-refractivity contribution in [2.45, 2.75) is 19.1 Å². The fourth-order valence-corrected chi connectivity index (χ4v) is 2.64. The third-order valence-corrected chi connectivity index (χ3v) is 3.76. The van der Waals surface area contributed by atoms with Crippen molar-refractivity contribution in [2.24, 2.45) is 0 Å². The Morgan fingerprint density at radius 2 is 1.95 bits per heavy atom. The lowest BCUT2D eigenvalue weighted by molar-refractivity contribution is -0.124. The van der Waals surface area contributed by atoms with Crippen molar-refractivity contribution in [3.8, 4) is 0 Å². The smallest absolute Gasteiger partial charge is 0.257 e. The maximum absolute atomic E-state index is 12.2. The summed E-state index contributed by atoms with van der Waals surface area (Å²) in [6.07, 6.45) is -0.267. The van der Waals surface area contributed by atoms with Crippen LogP contribution >= 0.6 is 0 Å². The maximum atomic E-state index is 12.2. The van der Waals surface area contributed by atoms with Gasteiger partial charge in [-0.1, -0.05) is 42.5 Å². The van der Waals surface area contributed by atoms with Crippen molar-refractivity contribution in [3.63, 3.8) is 0 Å². The van der Waals surface area contributed by atoms with E-state index >= 15 is 0 Å². The van der Waals surface area contributed by atoms with E-state index in [0.29, 0.717) is 5.56 Å². The summed E-state index contributed by atoms with van der Waals surface area (Å²) in [4.78, 5) is 12.2. The quantitative estimate of drug-likeness (QED) is 0.807.